The molecule has 0 N–H and O–H groups in total. The molecule has 0 saturated carbocycles. The lowest BCUT2D eigenvalue weighted by molar-refractivity contribution is 0.402. The Morgan fingerprint density at radius 3 is 2.89 bits per heavy atom. The zero-order valence-corrected chi connectivity index (χ0v) is 11.8. The van der Waals surface area contributed by atoms with Gasteiger partial charge in [-0.3, -0.25) is 0 Å². The van der Waals surface area contributed by atoms with E-state index in [1.54, 1.807) is 0 Å². The quantitative estimate of drug-likeness (QED) is 0.678. The van der Waals surface area contributed by atoms with Gasteiger partial charge in [-0.15, -0.1) is 0 Å². The van der Waals surface area contributed by atoms with Gasteiger partial charge in [0.1, 0.15) is 5.84 Å². The van der Waals surface area contributed by atoms with E-state index in [0.717, 1.165) is 30.2 Å². The Hall–Kier alpha value is -1.02. The molecule has 1 aromatic carbocycles. The van der Waals surface area contributed by atoms with Crippen molar-refractivity contribution in [2.75, 3.05) is 6.54 Å². The molecule has 0 spiro atoms. The van der Waals surface area contributed by atoms with Gasteiger partial charge in [0, 0.05) is 25.1 Å². The van der Waals surface area contributed by atoms with Crippen LogP contribution in [0, 0.1) is 13.8 Å². The summed E-state index contributed by atoms with van der Waals surface area (Å²) >= 11 is 6.37. The average Bonchev–Trinajstić information content (AvgIpc) is 2.59. The fourth-order valence-corrected chi connectivity index (χ4v) is 3.23. The standard InChI is InChI=1S/C15H19ClN2/c1-10-8-13(16)15-12(11(10)2)9-18-7-5-3-4-6-14(18)17-15/h8H,3-7,9H2,1-2H3. The number of aliphatic imine (C=N–C) groups is 1. The third-order valence-electron chi connectivity index (χ3n) is 4.18. The average molecular weight is 263 g/mol. The van der Waals surface area contributed by atoms with E-state index >= 15 is 0 Å². The Kier molecular flexibility index (Phi) is 3.06. The van der Waals surface area contributed by atoms with Crippen LogP contribution in [-0.4, -0.2) is 17.3 Å². The van der Waals surface area contributed by atoms with Crippen LogP contribution in [-0.2, 0) is 6.54 Å². The molecule has 96 valence electrons. The van der Waals surface area contributed by atoms with Crippen LogP contribution >= 0.6 is 11.6 Å². The van der Waals surface area contributed by atoms with Crippen LogP contribution in [0.4, 0.5) is 5.69 Å². The summed E-state index contributed by atoms with van der Waals surface area (Å²) in [5.74, 6) is 1.24. The molecule has 3 heteroatoms. The molecule has 1 aromatic rings. The predicted molar refractivity (Wildman–Crippen MR) is 76.9 cm³/mol. The van der Waals surface area contributed by atoms with E-state index in [-0.39, 0.29) is 0 Å². The van der Waals surface area contributed by atoms with Crippen LogP contribution in [0.5, 0.6) is 0 Å². The number of aryl methyl sites for hydroxylation is 1. The molecule has 0 aromatic heterocycles. The van der Waals surface area contributed by atoms with Gasteiger partial charge in [0.2, 0.25) is 0 Å². The summed E-state index contributed by atoms with van der Waals surface area (Å²) in [5.41, 5.74) is 4.97. The van der Waals surface area contributed by atoms with E-state index < -0.39 is 0 Å². The van der Waals surface area contributed by atoms with Gasteiger partial charge in [0.25, 0.3) is 0 Å². The second-order valence-corrected chi connectivity index (χ2v) is 5.79. The van der Waals surface area contributed by atoms with Crippen molar-refractivity contribution in [3.63, 3.8) is 0 Å². The van der Waals surface area contributed by atoms with Gasteiger partial charge < -0.3 is 4.90 Å². The molecule has 2 nitrogen and oxygen atoms in total. The number of nitrogens with zero attached hydrogens (tertiary/aromatic N) is 2. The molecule has 2 aliphatic rings. The monoisotopic (exact) mass is 262 g/mol. The largest absolute Gasteiger partial charge is 0.356 e. The molecule has 2 heterocycles. The Morgan fingerprint density at radius 1 is 1.22 bits per heavy atom. The van der Waals surface area contributed by atoms with Crippen LogP contribution < -0.4 is 0 Å². The Balaban J connectivity index is 2.11. The predicted octanol–water partition coefficient (Wildman–Crippen LogP) is 4.38. The van der Waals surface area contributed by atoms with Crippen LogP contribution in [0.15, 0.2) is 11.1 Å². The summed E-state index contributed by atoms with van der Waals surface area (Å²) in [6.45, 7) is 6.44. The molecule has 18 heavy (non-hydrogen) atoms. The van der Waals surface area contributed by atoms with Crippen LogP contribution in [0.1, 0.15) is 42.4 Å². The Labute approximate surface area is 114 Å². The lowest BCUT2D eigenvalue weighted by Crippen LogP contribution is -2.32. The lowest BCUT2D eigenvalue weighted by atomic mass is 9.99. The molecule has 0 bridgehead atoms. The van der Waals surface area contributed by atoms with Gasteiger partial charge >= 0.3 is 0 Å². The first kappa shape index (κ1) is 12.0. The van der Waals surface area contributed by atoms with Gasteiger partial charge in [-0.2, -0.15) is 0 Å². The second-order valence-electron chi connectivity index (χ2n) is 5.39. The number of halogens is 1. The summed E-state index contributed by atoms with van der Waals surface area (Å²) in [7, 11) is 0. The lowest BCUT2D eigenvalue weighted by Gasteiger charge is -2.31. The van der Waals surface area contributed by atoms with Crippen molar-refractivity contribution in [1.82, 2.24) is 4.90 Å². The maximum absolute atomic E-state index is 6.37. The third kappa shape index (κ3) is 1.93. The molecule has 1 fully saturated rings. The van der Waals surface area contributed by atoms with Gasteiger partial charge in [-0.05, 0) is 43.9 Å². The van der Waals surface area contributed by atoms with Gasteiger partial charge in [-0.1, -0.05) is 18.0 Å². The number of rotatable bonds is 0. The summed E-state index contributed by atoms with van der Waals surface area (Å²) in [4.78, 5) is 7.28. The van der Waals surface area contributed by atoms with Gasteiger partial charge in [-0.25, -0.2) is 4.99 Å². The van der Waals surface area contributed by atoms with Crippen LogP contribution in [0.3, 0.4) is 0 Å². The maximum atomic E-state index is 6.37. The van der Waals surface area contributed by atoms with Gasteiger partial charge in [0.05, 0.1) is 10.7 Å². The highest BCUT2D eigenvalue weighted by Gasteiger charge is 2.24. The Morgan fingerprint density at radius 2 is 2.06 bits per heavy atom. The van der Waals surface area contributed by atoms with Crippen molar-refractivity contribution in [2.45, 2.75) is 46.1 Å². The number of amidine groups is 1. The van der Waals surface area contributed by atoms with Crippen LogP contribution in [0.2, 0.25) is 5.02 Å². The number of hydrogen-bond acceptors (Lipinski definition) is 2. The van der Waals surface area contributed by atoms with Crippen LogP contribution in [0.25, 0.3) is 0 Å². The van der Waals surface area contributed by atoms with Crippen molar-refractivity contribution in [1.29, 1.82) is 0 Å². The fourth-order valence-electron chi connectivity index (χ4n) is 2.91. The SMILES string of the molecule is Cc1cc(Cl)c2c(c1C)CN1CCCCCC1=N2. The summed E-state index contributed by atoms with van der Waals surface area (Å²) in [6.07, 6.45) is 4.96. The first-order valence-corrected chi connectivity index (χ1v) is 7.15. The highest BCUT2D eigenvalue weighted by Crippen LogP contribution is 2.38. The minimum absolute atomic E-state index is 0.810. The van der Waals surface area contributed by atoms with E-state index in [4.69, 9.17) is 16.6 Å². The van der Waals surface area contributed by atoms with E-state index in [9.17, 15) is 0 Å². The smallest absolute Gasteiger partial charge is 0.105 e. The van der Waals surface area contributed by atoms with E-state index in [1.807, 2.05) is 6.07 Å². The Bertz CT molecular complexity index is 520. The first-order valence-electron chi connectivity index (χ1n) is 6.78. The molecule has 2 aliphatic heterocycles. The third-order valence-corrected chi connectivity index (χ3v) is 4.47. The molecule has 3 rings (SSSR count). The minimum Gasteiger partial charge on any atom is -0.356 e. The summed E-state index contributed by atoms with van der Waals surface area (Å²) in [5, 5.41) is 0.810. The maximum Gasteiger partial charge on any atom is 0.105 e. The van der Waals surface area contributed by atoms with Crippen molar-refractivity contribution < 1.29 is 0 Å². The van der Waals surface area contributed by atoms with Crippen molar-refractivity contribution in [3.8, 4) is 0 Å². The van der Waals surface area contributed by atoms with E-state index in [2.05, 4.69) is 18.7 Å². The van der Waals surface area contributed by atoms with Crippen molar-refractivity contribution in [2.24, 2.45) is 4.99 Å². The molecular weight excluding hydrogens is 244 g/mol. The second kappa shape index (κ2) is 4.58. The summed E-state index contributed by atoms with van der Waals surface area (Å²) < 4.78 is 0. The molecule has 0 unspecified atom stereocenters. The first-order chi connectivity index (χ1) is 8.66. The van der Waals surface area contributed by atoms with Crippen molar-refractivity contribution in [3.05, 3.63) is 27.8 Å². The highest BCUT2D eigenvalue weighted by atomic mass is 35.5. The molecule has 0 amide bonds. The number of benzene rings is 1. The summed E-state index contributed by atoms with van der Waals surface area (Å²) in [6, 6.07) is 2.05. The molecule has 1 saturated heterocycles. The highest BCUT2D eigenvalue weighted by molar-refractivity contribution is 6.33. The fraction of sp³-hybridized carbons (Fsp3) is 0.533. The molecule has 0 atom stereocenters. The molecular formula is C15H19ClN2. The number of fused-ring (bicyclic) bond motifs is 2. The van der Waals surface area contributed by atoms with Crippen molar-refractivity contribution >= 4 is 23.1 Å². The zero-order chi connectivity index (χ0) is 12.7. The molecule has 0 radical (unpaired) electrons. The van der Waals surface area contributed by atoms with Gasteiger partial charge in [0.15, 0.2) is 0 Å². The minimum atomic E-state index is 0.810. The zero-order valence-electron chi connectivity index (χ0n) is 11.1. The van der Waals surface area contributed by atoms with E-state index in [0.29, 0.717) is 0 Å². The topological polar surface area (TPSA) is 15.6 Å². The normalized spacial score (nSPS) is 18.8. The van der Waals surface area contributed by atoms with E-state index in [1.165, 1.54) is 41.8 Å². The molecule has 0 aliphatic carbocycles. The number of hydrogen-bond donors (Lipinski definition) is 0.